The monoisotopic (exact) mass is 426 g/mol. The number of carbonyl (C=O) groups is 2. The quantitative estimate of drug-likeness (QED) is 0.546. The van der Waals surface area contributed by atoms with Crippen LogP contribution in [0.4, 0.5) is 0 Å². The van der Waals surface area contributed by atoms with E-state index in [2.05, 4.69) is 10.2 Å². The first kappa shape index (κ1) is 19.9. The molecule has 0 saturated carbocycles. The van der Waals surface area contributed by atoms with Gasteiger partial charge >= 0.3 is 0 Å². The Morgan fingerprint density at radius 3 is 2.19 bits per heavy atom. The van der Waals surface area contributed by atoms with Crippen molar-refractivity contribution in [3.05, 3.63) is 88.3 Å². The van der Waals surface area contributed by atoms with Crippen LogP contribution in [0, 0.1) is 0 Å². The van der Waals surface area contributed by atoms with E-state index in [0.717, 1.165) is 10.8 Å². The zero-order valence-electron chi connectivity index (χ0n) is 17.5. The highest BCUT2D eigenvalue weighted by Gasteiger charge is 2.26. The molecule has 1 aliphatic rings. The van der Waals surface area contributed by atoms with E-state index in [1.807, 2.05) is 48.5 Å². The van der Waals surface area contributed by atoms with Crippen molar-refractivity contribution in [3.8, 4) is 0 Å². The van der Waals surface area contributed by atoms with Gasteiger partial charge in [0.25, 0.3) is 11.5 Å². The van der Waals surface area contributed by atoms with E-state index in [1.54, 1.807) is 28.0 Å². The second kappa shape index (κ2) is 8.26. The number of nitrogens with one attached hydrogen (secondary N) is 1. The molecule has 0 bridgehead atoms. The number of hydrogen-bond acceptors (Lipinski definition) is 4. The molecule has 2 heterocycles. The number of amides is 2. The Morgan fingerprint density at radius 2 is 1.41 bits per heavy atom. The van der Waals surface area contributed by atoms with Gasteiger partial charge in [0.05, 0.1) is 17.5 Å². The molecule has 0 radical (unpaired) electrons. The molecule has 1 saturated heterocycles. The van der Waals surface area contributed by atoms with Gasteiger partial charge in [0.2, 0.25) is 5.91 Å². The van der Waals surface area contributed by atoms with Crippen LogP contribution in [0.15, 0.2) is 71.5 Å². The molecule has 0 atom stereocenters. The minimum atomic E-state index is -0.266. The summed E-state index contributed by atoms with van der Waals surface area (Å²) in [5.41, 5.74) is 0.976. The standard InChI is InChI=1S/C25H22N4O3/c30-23(16-22-19-9-3-4-10-20(19)24(31)27-26-22)28-12-14-29(15-13-28)25(32)21-11-5-7-17-6-1-2-8-18(17)21/h1-11H,12-16H2,(H,27,31). The van der Waals surface area contributed by atoms with Crippen molar-refractivity contribution >= 4 is 33.4 Å². The van der Waals surface area contributed by atoms with Gasteiger partial charge in [0.1, 0.15) is 0 Å². The van der Waals surface area contributed by atoms with E-state index < -0.39 is 0 Å². The zero-order valence-corrected chi connectivity index (χ0v) is 17.5. The van der Waals surface area contributed by atoms with Crippen molar-refractivity contribution in [2.45, 2.75) is 6.42 Å². The molecule has 1 N–H and O–H groups in total. The fourth-order valence-electron chi connectivity index (χ4n) is 4.30. The van der Waals surface area contributed by atoms with Crippen LogP contribution in [0.2, 0.25) is 0 Å². The third-order valence-electron chi connectivity index (χ3n) is 6.03. The molecule has 0 spiro atoms. The molecule has 7 nitrogen and oxygen atoms in total. The van der Waals surface area contributed by atoms with E-state index in [9.17, 15) is 14.4 Å². The molecule has 3 aromatic carbocycles. The number of nitrogens with zero attached hydrogens (tertiary/aromatic N) is 3. The predicted octanol–water partition coefficient (Wildman–Crippen LogP) is 2.60. The number of hydrogen-bond donors (Lipinski definition) is 1. The molecule has 160 valence electrons. The minimum absolute atomic E-state index is 0.0119. The molecule has 0 aliphatic carbocycles. The van der Waals surface area contributed by atoms with Crippen LogP contribution in [-0.2, 0) is 11.2 Å². The smallest absolute Gasteiger partial charge is 0.272 e. The van der Waals surface area contributed by atoms with Gasteiger partial charge in [-0.05, 0) is 22.9 Å². The van der Waals surface area contributed by atoms with Crippen molar-refractivity contribution in [2.75, 3.05) is 26.2 Å². The average molecular weight is 426 g/mol. The van der Waals surface area contributed by atoms with Crippen LogP contribution in [0.5, 0.6) is 0 Å². The number of aromatic nitrogens is 2. The summed E-state index contributed by atoms with van der Waals surface area (Å²) < 4.78 is 0. The van der Waals surface area contributed by atoms with Gasteiger partial charge in [-0.25, -0.2) is 5.10 Å². The van der Waals surface area contributed by atoms with Crippen LogP contribution >= 0.6 is 0 Å². The first-order valence-corrected chi connectivity index (χ1v) is 10.6. The molecule has 1 fully saturated rings. The Morgan fingerprint density at radius 1 is 0.781 bits per heavy atom. The summed E-state index contributed by atoms with van der Waals surface area (Å²) in [6, 6.07) is 20.8. The summed E-state index contributed by atoms with van der Waals surface area (Å²) in [6.07, 6.45) is 0.106. The average Bonchev–Trinajstić information content (AvgIpc) is 2.85. The SMILES string of the molecule is O=C(Cc1n[nH]c(=O)c2ccccc12)N1CCN(C(=O)c2cccc3ccccc23)CC1. The van der Waals surface area contributed by atoms with Gasteiger partial charge in [-0.1, -0.05) is 54.6 Å². The lowest BCUT2D eigenvalue weighted by atomic mass is 10.0. The fourth-order valence-corrected chi connectivity index (χ4v) is 4.30. The van der Waals surface area contributed by atoms with E-state index in [1.165, 1.54) is 0 Å². The Balaban J connectivity index is 1.28. The van der Waals surface area contributed by atoms with Gasteiger partial charge in [0.15, 0.2) is 0 Å². The van der Waals surface area contributed by atoms with Crippen LogP contribution in [0.1, 0.15) is 16.1 Å². The Hall–Kier alpha value is -4.00. The van der Waals surface area contributed by atoms with Crippen LogP contribution in [0.3, 0.4) is 0 Å². The Labute approximate surface area is 184 Å². The minimum Gasteiger partial charge on any atom is -0.339 e. The first-order chi connectivity index (χ1) is 15.6. The lowest BCUT2D eigenvalue weighted by Crippen LogP contribution is -2.51. The molecule has 7 heteroatoms. The van der Waals surface area contributed by atoms with Crippen molar-refractivity contribution in [1.82, 2.24) is 20.0 Å². The summed E-state index contributed by atoms with van der Waals surface area (Å²) >= 11 is 0. The summed E-state index contributed by atoms with van der Waals surface area (Å²) in [5.74, 6) is -0.0749. The van der Waals surface area contributed by atoms with Crippen LogP contribution in [0.25, 0.3) is 21.5 Å². The van der Waals surface area contributed by atoms with Gasteiger partial charge in [0, 0.05) is 37.1 Å². The third-order valence-corrected chi connectivity index (χ3v) is 6.03. The van der Waals surface area contributed by atoms with Gasteiger partial charge in [-0.15, -0.1) is 0 Å². The fraction of sp³-hybridized carbons (Fsp3) is 0.200. The lowest BCUT2D eigenvalue weighted by molar-refractivity contribution is -0.132. The molecule has 0 unspecified atom stereocenters. The second-order valence-electron chi connectivity index (χ2n) is 7.92. The molecule has 1 aromatic heterocycles. The number of aromatic amines is 1. The van der Waals surface area contributed by atoms with Crippen molar-refractivity contribution in [2.24, 2.45) is 0 Å². The summed E-state index contributed by atoms with van der Waals surface area (Å²) in [6.45, 7) is 1.90. The zero-order chi connectivity index (χ0) is 22.1. The second-order valence-corrected chi connectivity index (χ2v) is 7.92. The number of benzene rings is 3. The highest BCUT2D eigenvalue weighted by atomic mass is 16.2. The van der Waals surface area contributed by atoms with E-state index >= 15 is 0 Å². The lowest BCUT2D eigenvalue weighted by Gasteiger charge is -2.35. The predicted molar refractivity (Wildman–Crippen MR) is 122 cm³/mol. The molecule has 4 aromatic rings. The number of fused-ring (bicyclic) bond motifs is 2. The maximum atomic E-state index is 13.1. The number of piperazine rings is 1. The Bertz CT molecular complexity index is 1380. The molecule has 5 rings (SSSR count). The third kappa shape index (κ3) is 3.62. The van der Waals surface area contributed by atoms with Crippen molar-refractivity contribution in [3.63, 3.8) is 0 Å². The summed E-state index contributed by atoms with van der Waals surface area (Å²) in [7, 11) is 0. The molecular weight excluding hydrogens is 404 g/mol. The number of carbonyl (C=O) groups excluding carboxylic acids is 2. The normalized spacial score (nSPS) is 14.1. The van der Waals surface area contributed by atoms with Crippen molar-refractivity contribution in [1.29, 1.82) is 0 Å². The topological polar surface area (TPSA) is 86.4 Å². The number of H-pyrrole nitrogens is 1. The van der Waals surface area contributed by atoms with E-state index in [4.69, 9.17) is 0 Å². The van der Waals surface area contributed by atoms with E-state index in [-0.39, 0.29) is 23.8 Å². The molecular formula is C25H22N4O3. The van der Waals surface area contributed by atoms with Crippen LogP contribution < -0.4 is 5.56 Å². The van der Waals surface area contributed by atoms with E-state index in [0.29, 0.717) is 48.2 Å². The highest BCUT2D eigenvalue weighted by molar-refractivity contribution is 6.07. The van der Waals surface area contributed by atoms with Crippen LogP contribution in [-0.4, -0.2) is 58.0 Å². The Kier molecular flexibility index (Phi) is 5.15. The molecule has 2 amide bonds. The molecule has 1 aliphatic heterocycles. The van der Waals surface area contributed by atoms with Crippen molar-refractivity contribution < 1.29 is 9.59 Å². The molecule has 32 heavy (non-hydrogen) atoms. The summed E-state index contributed by atoms with van der Waals surface area (Å²) in [4.78, 5) is 41.6. The van der Waals surface area contributed by atoms with Gasteiger partial charge in [-0.3, -0.25) is 14.4 Å². The highest BCUT2D eigenvalue weighted by Crippen LogP contribution is 2.21. The van der Waals surface area contributed by atoms with Gasteiger partial charge in [-0.2, -0.15) is 5.10 Å². The van der Waals surface area contributed by atoms with Gasteiger partial charge < -0.3 is 9.80 Å². The summed E-state index contributed by atoms with van der Waals surface area (Å²) in [5, 5.41) is 9.77. The first-order valence-electron chi connectivity index (χ1n) is 10.6. The number of rotatable bonds is 3. The largest absolute Gasteiger partial charge is 0.339 e. The maximum absolute atomic E-state index is 13.1. The maximum Gasteiger partial charge on any atom is 0.272 e.